The van der Waals surface area contributed by atoms with Crippen LogP contribution >= 0.6 is 12.4 Å². The van der Waals surface area contributed by atoms with Crippen LogP contribution in [0.25, 0.3) is 0 Å². The number of hydrogen-bond donors (Lipinski definition) is 1. The highest BCUT2D eigenvalue weighted by Gasteiger charge is 2.43. The van der Waals surface area contributed by atoms with E-state index in [9.17, 15) is 13.6 Å². The SMILES string of the molecule is COc1ccc(CN(C)C(=O)C2CC(F)(F)CN2)c(OC)c1.Cl. The maximum absolute atomic E-state index is 13.2. The lowest BCUT2D eigenvalue weighted by molar-refractivity contribution is -0.132. The van der Waals surface area contributed by atoms with E-state index in [4.69, 9.17) is 9.47 Å². The highest BCUT2D eigenvalue weighted by Crippen LogP contribution is 2.28. The number of carbonyl (C=O) groups is 1. The molecule has 1 unspecified atom stereocenters. The van der Waals surface area contributed by atoms with Crippen molar-refractivity contribution in [1.29, 1.82) is 0 Å². The Morgan fingerprint density at radius 2 is 2.09 bits per heavy atom. The molecule has 1 aromatic rings. The summed E-state index contributed by atoms with van der Waals surface area (Å²) in [5.74, 6) is -1.94. The number of rotatable bonds is 5. The van der Waals surface area contributed by atoms with Crippen molar-refractivity contribution >= 4 is 18.3 Å². The molecule has 5 nitrogen and oxygen atoms in total. The number of nitrogens with zero attached hydrogens (tertiary/aromatic N) is 1. The van der Waals surface area contributed by atoms with Crippen LogP contribution < -0.4 is 14.8 Å². The Kier molecular flexibility index (Phi) is 6.58. The summed E-state index contributed by atoms with van der Waals surface area (Å²) in [5.41, 5.74) is 0.781. The number of benzene rings is 1. The monoisotopic (exact) mass is 350 g/mol. The normalized spacial score (nSPS) is 18.9. The van der Waals surface area contributed by atoms with Crippen molar-refractivity contribution in [2.45, 2.75) is 24.9 Å². The van der Waals surface area contributed by atoms with Crippen LogP contribution in [0, 0.1) is 0 Å². The first-order valence-corrected chi connectivity index (χ1v) is 6.93. The molecule has 1 heterocycles. The van der Waals surface area contributed by atoms with E-state index in [0.29, 0.717) is 11.5 Å². The summed E-state index contributed by atoms with van der Waals surface area (Å²) in [6, 6.07) is 4.43. The number of halogens is 3. The fraction of sp³-hybridized carbons (Fsp3) is 0.533. The second-order valence-electron chi connectivity index (χ2n) is 5.37. The van der Waals surface area contributed by atoms with Crippen LogP contribution in [0.4, 0.5) is 8.78 Å². The quantitative estimate of drug-likeness (QED) is 0.883. The Bertz CT molecular complexity index is 558. The van der Waals surface area contributed by atoms with E-state index >= 15 is 0 Å². The van der Waals surface area contributed by atoms with Gasteiger partial charge in [-0.25, -0.2) is 8.78 Å². The molecular weight excluding hydrogens is 330 g/mol. The first-order valence-electron chi connectivity index (χ1n) is 6.93. The van der Waals surface area contributed by atoms with Crippen LogP contribution in [0.3, 0.4) is 0 Å². The predicted molar refractivity (Wildman–Crippen MR) is 84.6 cm³/mol. The minimum Gasteiger partial charge on any atom is -0.497 e. The molecule has 8 heteroatoms. The Morgan fingerprint density at radius 1 is 1.39 bits per heavy atom. The second-order valence-corrected chi connectivity index (χ2v) is 5.37. The highest BCUT2D eigenvalue weighted by atomic mass is 35.5. The smallest absolute Gasteiger partial charge is 0.262 e. The standard InChI is InChI=1S/C15H20F2N2O3.ClH/c1-19(14(20)12-7-15(16,17)9-18-12)8-10-4-5-11(21-2)6-13(10)22-3;/h4-6,12,18H,7-9H2,1-3H3;1H. The number of alkyl halides is 2. The van der Waals surface area contributed by atoms with Gasteiger partial charge in [0.2, 0.25) is 5.91 Å². The van der Waals surface area contributed by atoms with E-state index < -0.39 is 24.9 Å². The molecule has 2 rings (SSSR count). The Labute approximate surface area is 140 Å². The zero-order valence-corrected chi connectivity index (χ0v) is 14.1. The fourth-order valence-electron chi connectivity index (χ4n) is 2.47. The number of ether oxygens (including phenoxy) is 2. The maximum Gasteiger partial charge on any atom is 0.262 e. The van der Waals surface area contributed by atoms with Crippen LogP contribution in [0.15, 0.2) is 18.2 Å². The van der Waals surface area contributed by atoms with E-state index in [0.717, 1.165) is 5.56 Å². The van der Waals surface area contributed by atoms with Gasteiger partial charge in [-0.3, -0.25) is 10.1 Å². The topological polar surface area (TPSA) is 50.8 Å². The third kappa shape index (κ3) is 4.68. The molecule has 1 N–H and O–H groups in total. The summed E-state index contributed by atoms with van der Waals surface area (Å²) in [7, 11) is 4.67. The Hall–Kier alpha value is -1.60. The van der Waals surface area contributed by atoms with Gasteiger partial charge in [-0.05, 0) is 12.1 Å². The Balaban J connectivity index is 0.00000264. The first kappa shape index (κ1) is 19.4. The lowest BCUT2D eigenvalue weighted by Crippen LogP contribution is -2.41. The fourth-order valence-corrected chi connectivity index (χ4v) is 2.47. The van der Waals surface area contributed by atoms with Gasteiger partial charge in [0.1, 0.15) is 11.5 Å². The van der Waals surface area contributed by atoms with Gasteiger partial charge in [0.05, 0.1) is 26.8 Å². The zero-order valence-electron chi connectivity index (χ0n) is 13.3. The van der Waals surface area contributed by atoms with E-state index in [-0.39, 0.29) is 24.9 Å². The number of likely N-dealkylation sites (N-methyl/N-ethyl adjacent to an activating group) is 1. The van der Waals surface area contributed by atoms with Gasteiger partial charge in [0.25, 0.3) is 5.92 Å². The minimum atomic E-state index is -2.82. The van der Waals surface area contributed by atoms with Crippen molar-refractivity contribution < 1.29 is 23.0 Å². The predicted octanol–water partition coefficient (Wildman–Crippen LogP) is 2.08. The van der Waals surface area contributed by atoms with E-state index in [1.165, 1.54) is 12.0 Å². The summed E-state index contributed by atoms with van der Waals surface area (Å²) in [4.78, 5) is 13.6. The van der Waals surface area contributed by atoms with E-state index in [1.54, 1.807) is 32.4 Å². The van der Waals surface area contributed by atoms with Gasteiger partial charge < -0.3 is 14.4 Å². The van der Waals surface area contributed by atoms with Crippen LogP contribution in [0.2, 0.25) is 0 Å². The highest BCUT2D eigenvalue weighted by molar-refractivity contribution is 5.85. The van der Waals surface area contributed by atoms with E-state index in [1.807, 2.05) is 0 Å². The summed E-state index contributed by atoms with van der Waals surface area (Å²) in [5, 5.41) is 2.57. The van der Waals surface area contributed by atoms with Gasteiger partial charge in [0.15, 0.2) is 0 Å². The molecule has 1 fully saturated rings. The number of hydrogen-bond acceptors (Lipinski definition) is 4. The molecule has 0 bridgehead atoms. The van der Waals surface area contributed by atoms with Crippen molar-refractivity contribution in [3.05, 3.63) is 23.8 Å². The molecule has 0 radical (unpaired) electrons. The van der Waals surface area contributed by atoms with Crippen molar-refractivity contribution in [2.24, 2.45) is 0 Å². The molecule has 1 atom stereocenters. The average molecular weight is 351 g/mol. The third-order valence-corrected chi connectivity index (χ3v) is 3.69. The van der Waals surface area contributed by atoms with Gasteiger partial charge >= 0.3 is 0 Å². The van der Waals surface area contributed by atoms with Gasteiger partial charge in [-0.15, -0.1) is 12.4 Å². The first-order chi connectivity index (χ1) is 10.4. The van der Waals surface area contributed by atoms with Gasteiger partial charge in [-0.2, -0.15) is 0 Å². The molecule has 1 aliphatic rings. The van der Waals surface area contributed by atoms with Crippen molar-refractivity contribution in [1.82, 2.24) is 10.2 Å². The summed E-state index contributed by atoms with van der Waals surface area (Å²) >= 11 is 0. The number of carbonyl (C=O) groups excluding carboxylic acids is 1. The minimum absolute atomic E-state index is 0. The van der Waals surface area contributed by atoms with Crippen molar-refractivity contribution in [3.63, 3.8) is 0 Å². The molecule has 1 amide bonds. The maximum atomic E-state index is 13.2. The van der Waals surface area contributed by atoms with Crippen LogP contribution in [-0.4, -0.2) is 50.6 Å². The molecule has 0 spiro atoms. The largest absolute Gasteiger partial charge is 0.497 e. The molecule has 1 aliphatic heterocycles. The molecule has 1 saturated heterocycles. The average Bonchev–Trinajstić information content (AvgIpc) is 2.86. The molecule has 23 heavy (non-hydrogen) atoms. The van der Waals surface area contributed by atoms with Crippen LogP contribution in [-0.2, 0) is 11.3 Å². The lowest BCUT2D eigenvalue weighted by atomic mass is 10.1. The van der Waals surface area contributed by atoms with Gasteiger partial charge in [-0.1, -0.05) is 0 Å². The molecule has 0 saturated carbocycles. The number of nitrogens with one attached hydrogen (secondary N) is 1. The zero-order chi connectivity index (χ0) is 16.3. The molecular formula is C15H21ClF2N2O3. The number of methoxy groups -OCH3 is 2. The lowest BCUT2D eigenvalue weighted by Gasteiger charge is -2.22. The molecule has 130 valence electrons. The molecule has 0 aromatic heterocycles. The molecule has 0 aliphatic carbocycles. The third-order valence-electron chi connectivity index (χ3n) is 3.69. The van der Waals surface area contributed by atoms with Gasteiger partial charge in [0, 0.05) is 31.6 Å². The van der Waals surface area contributed by atoms with E-state index in [2.05, 4.69) is 5.32 Å². The van der Waals surface area contributed by atoms with Crippen molar-refractivity contribution in [2.75, 3.05) is 27.8 Å². The summed E-state index contributed by atoms with van der Waals surface area (Å²) < 4.78 is 36.7. The summed E-state index contributed by atoms with van der Waals surface area (Å²) in [6.45, 7) is -0.182. The van der Waals surface area contributed by atoms with Crippen LogP contribution in [0.5, 0.6) is 11.5 Å². The second kappa shape index (κ2) is 7.79. The Morgan fingerprint density at radius 3 is 2.61 bits per heavy atom. The van der Waals surface area contributed by atoms with Crippen LogP contribution in [0.1, 0.15) is 12.0 Å². The molecule has 1 aromatic carbocycles. The summed E-state index contributed by atoms with van der Waals surface area (Å²) in [6.07, 6.45) is -0.462. The van der Waals surface area contributed by atoms with Crippen molar-refractivity contribution in [3.8, 4) is 11.5 Å². The number of amides is 1.